The first-order valence-electron chi connectivity index (χ1n) is 8.73. The maximum Gasteiger partial charge on any atom is 0.387 e. The number of benzene rings is 1. The van der Waals surface area contributed by atoms with Gasteiger partial charge in [-0.25, -0.2) is 4.79 Å². The van der Waals surface area contributed by atoms with Crippen molar-refractivity contribution in [1.82, 2.24) is 0 Å². The minimum Gasteiger partial charge on any atom is -0.465 e. The van der Waals surface area contributed by atoms with Crippen molar-refractivity contribution in [3.63, 3.8) is 0 Å². The van der Waals surface area contributed by atoms with Crippen LogP contribution in [-0.4, -0.2) is 24.8 Å². The molecule has 0 spiro atoms. The number of methoxy groups -OCH3 is 1. The van der Waals surface area contributed by atoms with Gasteiger partial charge in [-0.2, -0.15) is 8.78 Å². The van der Waals surface area contributed by atoms with Crippen LogP contribution in [0.1, 0.15) is 34.1 Å². The molecule has 2 aromatic rings. The van der Waals surface area contributed by atoms with Crippen molar-refractivity contribution in [2.45, 2.75) is 32.8 Å². The van der Waals surface area contributed by atoms with E-state index >= 15 is 0 Å². The van der Waals surface area contributed by atoms with Crippen molar-refractivity contribution < 1.29 is 23.0 Å². The Balaban J connectivity index is 1.74. The van der Waals surface area contributed by atoms with E-state index in [0.29, 0.717) is 27.3 Å². The highest BCUT2D eigenvalue weighted by atomic mass is 32.1. The number of hydrogen-bond donors (Lipinski definition) is 2. The van der Waals surface area contributed by atoms with Crippen LogP contribution in [0.3, 0.4) is 0 Å². The van der Waals surface area contributed by atoms with Gasteiger partial charge in [0.05, 0.1) is 12.7 Å². The van der Waals surface area contributed by atoms with E-state index in [-0.39, 0.29) is 11.7 Å². The number of ether oxygens (including phenoxy) is 2. The quantitative estimate of drug-likeness (QED) is 0.514. The van der Waals surface area contributed by atoms with Crippen molar-refractivity contribution in [3.8, 4) is 5.75 Å². The fraction of sp³-hybridized carbons (Fsp3) is 0.368. The van der Waals surface area contributed by atoms with Crippen LogP contribution in [0.15, 0.2) is 24.3 Å². The second-order valence-electron chi connectivity index (χ2n) is 6.53. The molecule has 9 heteroatoms. The summed E-state index contributed by atoms with van der Waals surface area (Å²) in [7, 11) is 1.36. The summed E-state index contributed by atoms with van der Waals surface area (Å²) in [5.41, 5.74) is 2.18. The molecular weight excluding hydrogens is 406 g/mol. The van der Waals surface area contributed by atoms with Gasteiger partial charge in [0.1, 0.15) is 10.8 Å². The van der Waals surface area contributed by atoms with Crippen LogP contribution in [0.25, 0.3) is 0 Å². The van der Waals surface area contributed by atoms with Crippen LogP contribution >= 0.6 is 23.6 Å². The summed E-state index contributed by atoms with van der Waals surface area (Å²) in [6.45, 7) is -0.674. The van der Waals surface area contributed by atoms with E-state index in [4.69, 9.17) is 17.0 Å². The first-order valence-corrected chi connectivity index (χ1v) is 9.95. The Kier molecular flexibility index (Phi) is 6.46. The lowest BCUT2D eigenvalue weighted by Gasteiger charge is -2.18. The van der Waals surface area contributed by atoms with Gasteiger partial charge >= 0.3 is 12.6 Å². The normalized spacial score (nSPS) is 15.7. The van der Waals surface area contributed by atoms with Gasteiger partial charge in [0.2, 0.25) is 0 Å². The van der Waals surface area contributed by atoms with Gasteiger partial charge in [-0.1, -0.05) is 6.92 Å². The van der Waals surface area contributed by atoms with Crippen molar-refractivity contribution in [3.05, 3.63) is 40.3 Å². The monoisotopic (exact) mass is 426 g/mol. The van der Waals surface area contributed by atoms with Gasteiger partial charge in [-0.15, -0.1) is 11.3 Å². The smallest absolute Gasteiger partial charge is 0.387 e. The van der Waals surface area contributed by atoms with E-state index in [0.717, 1.165) is 24.8 Å². The Morgan fingerprint density at radius 3 is 2.64 bits per heavy atom. The molecular formula is C19H20F2N2O3S2. The molecule has 1 aromatic carbocycles. The van der Waals surface area contributed by atoms with Crippen molar-refractivity contribution >= 4 is 45.3 Å². The minimum atomic E-state index is -2.87. The van der Waals surface area contributed by atoms with E-state index in [1.165, 1.54) is 35.5 Å². The molecule has 3 rings (SSSR count). The van der Waals surface area contributed by atoms with Crippen molar-refractivity contribution in [2.24, 2.45) is 5.92 Å². The van der Waals surface area contributed by atoms with E-state index < -0.39 is 6.61 Å². The largest absolute Gasteiger partial charge is 0.465 e. The zero-order valence-corrected chi connectivity index (χ0v) is 17.0. The number of nitrogens with one attached hydrogen (secondary N) is 2. The average Bonchev–Trinajstić information content (AvgIpc) is 2.98. The molecule has 1 unspecified atom stereocenters. The summed E-state index contributed by atoms with van der Waals surface area (Å²) in [6, 6.07) is 5.99. The zero-order valence-electron chi connectivity index (χ0n) is 15.4. The third-order valence-corrected chi connectivity index (χ3v) is 5.84. The van der Waals surface area contributed by atoms with Crippen LogP contribution in [0.2, 0.25) is 0 Å². The Morgan fingerprint density at radius 1 is 1.29 bits per heavy atom. The van der Waals surface area contributed by atoms with Gasteiger partial charge in [0, 0.05) is 10.6 Å². The Bertz CT molecular complexity index is 869. The van der Waals surface area contributed by atoms with Gasteiger partial charge in [0.25, 0.3) is 0 Å². The Labute approximate surface area is 171 Å². The Morgan fingerprint density at radius 2 is 2.00 bits per heavy atom. The van der Waals surface area contributed by atoms with Gasteiger partial charge in [-0.05, 0) is 67.2 Å². The molecule has 2 N–H and O–H groups in total. The lowest BCUT2D eigenvalue weighted by molar-refractivity contribution is -0.0498. The predicted octanol–water partition coefficient (Wildman–Crippen LogP) is 5.07. The number of fused-ring (bicyclic) bond motifs is 1. The fourth-order valence-corrected chi connectivity index (χ4v) is 4.83. The van der Waals surface area contributed by atoms with Gasteiger partial charge in [-0.3, -0.25) is 0 Å². The molecule has 0 aliphatic heterocycles. The van der Waals surface area contributed by atoms with E-state index in [1.54, 1.807) is 12.1 Å². The lowest BCUT2D eigenvalue weighted by atomic mass is 9.88. The second-order valence-corrected chi connectivity index (χ2v) is 8.04. The van der Waals surface area contributed by atoms with Crippen LogP contribution in [-0.2, 0) is 17.6 Å². The summed E-state index contributed by atoms with van der Waals surface area (Å²) in [4.78, 5) is 13.5. The zero-order chi connectivity index (χ0) is 20.3. The van der Waals surface area contributed by atoms with Crippen LogP contribution in [0.5, 0.6) is 5.75 Å². The molecule has 0 saturated heterocycles. The second kappa shape index (κ2) is 8.83. The molecule has 0 bridgehead atoms. The number of thiocarbonyl (C=S) groups is 1. The number of rotatable bonds is 5. The van der Waals surface area contributed by atoms with Crippen LogP contribution < -0.4 is 15.4 Å². The molecule has 150 valence electrons. The third-order valence-electron chi connectivity index (χ3n) is 4.47. The first kappa shape index (κ1) is 20.5. The number of thiophene rings is 1. The molecule has 1 aliphatic rings. The number of carbonyl (C=O) groups is 1. The first-order chi connectivity index (χ1) is 13.4. The summed E-state index contributed by atoms with van der Waals surface area (Å²) >= 11 is 6.86. The topological polar surface area (TPSA) is 59.6 Å². The van der Waals surface area contributed by atoms with Crippen LogP contribution in [0, 0.1) is 5.92 Å². The average molecular weight is 427 g/mol. The number of hydrogen-bond acceptors (Lipinski definition) is 5. The maximum atomic E-state index is 12.3. The van der Waals surface area contributed by atoms with Crippen LogP contribution in [0.4, 0.5) is 19.5 Å². The molecule has 0 saturated carbocycles. The molecule has 1 heterocycles. The predicted molar refractivity (Wildman–Crippen MR) is 110 cm³/mol. The maximum absolute atomic E-state index is 12.3. The highest BCUT2D eigenvalue weighted by molar-refractivity contribution is 7.80. The van der Waals surface area contributed by atoms with E-state index in [2.05, 4.69) is 22.3 Å². The highest BCUT2D eigenvalue weighted by Crippen LogP contribution is 2.40. The fourth-order valence-electron chi connectivity index (χ4n) is 3.14. The molecule has 1 aliphatic carbocycles. The standard InChI is InChI=1S/C19H20F2N2O3S2/c1-10-3-8-13-14(9-10)28-16(15(13)17(24)25-2)23-19(27)22-11-4-6-12(7-5-11)26-18(20)21/h4-7,10,18H,3,8-9H2,1-2H3,(H2,22,23,27). The summed E-state index contributed by atoms with van der Waals surface area (Å²) in [5, 5.41) is 7.00. The number of alkyl halides is 2. The summed E-state index contributed by atoms with van der Waals surface area (Å²) in [5.74, 6) is 0.252. The lowest BCUT2D eigenvalue weighted by Crippen LogP contribution is -2.20. The molecule has 0 amide bonds. The number of anilines is 2. The van der Waals surface area contributed by atoms with Crippen molar-refractivity contribution in [2.75, 3.05) is 17.7 Å². The van der Waals surface area contributed by atoms with Gasteiger partial charge < -0.3 is 20.1 Å². The summed E-state index contributed by atoms with van der Waals surface area (Å²) in [6.07, 6.45) is 2.80. The third kappa shape index (κ3) is 4.77. The van der Waals surface area contributed by atoms with E-state index in [9.17, 15) is 13.6 Å². The molecule has 5 nitrogen and oxygen atoms in total. The van der Waals surface area contributed by atoms with E-state index in [1.807, 2.05) is 0 Å². The van der Waals surface area contributed by atoms with Gasteiger partial charge in [0.15, 0.2) is 5.11 Å². The molecule has 28 heavy (non-hydrogen) atoms. The minimum absolute atomic E-state index is 0.0625. The SMILES string of the molecule is COC(=O)c1c(NC(=S)Nc2ccc(OC(F)F)cc2)sc2c1CCC(C)C2. The highest BCUT2D eigenvalue weighted by Gasteiger charge is 2.28. The molecule has 1 atom stereocenters. The molecule has 1 aromatic heterocycles. The molecule has 0 radical (unpaired) electrons. The molecule has 0 fully saturated rings. The summed E-state index contributed by atoms with van der Waals surface area (Å²) < 4.78 is 33.7. The van der Waals surface area contributed by atoms with Crippen molar-refractivity contribution in [1.29, 1.82) is 0 Å². The Hall–Kier alpha value is -2.26. The number of esters is 1. The number of carbonyl (C=O) groups excluding carboxylic acids is 1. The number of halogens is 2.